The summed E-state index contributed by atoms with van der Waals surface area (Å²) in [4.78, 5) is 12.1. The molecule has 0 fully saturated rings. The Labute approximate surface area is 103 Å². The quantitative estimate of drug-likeness (QED) is 0.812. The van der Waals surface area contributed by atoms with Crippen LogP contribution in [0, 0.1) is 0 Å². The third-order valence-electron chi connectivity index (χ3n) is 2.25. The number of ether oxygens (including phenoxy) is 1. The van der Waals surface area contributed by atoms with Crippen LogP contribution >= 0.6 is 11.3 Å². The molecule has 17 heavy (non-hydrogen) atoms. The Hall–Kier alpha value is -2.01. The summed E-state index contributed by atoms with van der Waals surface area (Å²) in [5.41, 5.74) is 11.8. The molecule has 0 aliphatic carbocycles. The van der Waals surface area contributed by atoms with Crippen molar-refractivity contribution >= 4 is 22.9 Å². The fourth-order valence-electron chi connectivity index (χ4n) is 1.36. The lowest BCUT2D eigenvalue weighted by molar-refractivity contribution is 0.1000. The van der Waals surface area contributed by atoms with Crippen LogP contribution in [0.4, 0.5) is 5.69 Å². The van der Waals surface area contributed by atoms with Crippen LogP contribution in [0.25, 0.3) is 0 Å². The van der Waals surface area contributed by atoms with Gasteiger partial charge in [-0.2, -0.15) is 0 Å². The number of anilines is 1. The number of carbonyl (C=O) groups is 1. The van der Waals surface area contributed by atoms with Crippen molar-refractivity contribution in [3.8, 4) is 5.75 Å². The molecule has 0 atom stereocenters. The van der Waals surface area contributed by atoms with Crippen molar-refractivity contribution in [3.63, 3.8) is 0 Å². The van der Waals surface area contributed by atoms with Crippen molar-refractivity contribution in [1.82, 2.24) is 0 Å². The Morgan fingerprint density at radius 1 is 1.35 bits per heavy atom. The average Bonchev–Trinajstić information content (AvgIpc) is 2.80. The second kappa shape index (κ2) is 4.88. The Balaban J connectivity index is 2.14. The van der Waals surface area contributed by atoms with E-state index in [0.717, 1.165) is 4.88 Å². The minimum Gasteiger partial charge on any atom is -0.486 e. The summed E-state index contributed by atoms with van der Waals surface area (Å²) in [6.45, 7) is 0.435. The van der Waals surface area contributed by atoms with Gasteiger partial charge in [0.1, 0.15) is 12.4 Å². The molecule has 1 heterocycles. The first-order valence-corrected chi connectivity index (χ1v) is 5.89. The molecule has 0 saturated carbocycles. The van der Waals surface area contributed by atoms with Gasteiger partial charge in [0.2, 0.25) is 5.91 Å². The lowest BCUT2D eigenvalue weighted by atomic mass is 10.2. The molecule has 0 unspecified atom stereocenters. The molecule has 5 heteroatoms. The van der Waals surface area contributed by atoms with Gasteiger partial charge in [-0.25, -0.2) is 0 Å². The number of nitrogens with two attached hydrogens (primary N) is 2. The van der Waals surface area contributed by atoms with Crippen molar-refractivity contribution in [2.75, 3.05) is 5.73 Å². The number of amides is 1. The standard InChI is InChI=1S/C12H12N2O2S/c13-10-4-3-8(12(14)15)6-11(10)16-7-9-2-1-5-17-9/h1-6H,7,13H2,(H2,14,15). The molecule has 4 nitrogen and oxygen atoms in total. The first-order chi connectivity index (χ1) is 8.16. The van der Waals surface area contributed by atoms with E-state index >= 15 is 0 Å². The molecule has 1 amide bonds. The number of hydrogen-bond donors (Lipinski definition) is 2. The van der Waals surface area contributed by atoms with Crippen LogP contribution in [0.15, 0.2) is 35.7 Å². The molecule has 0 saturated heterocycles. The van der Waals surface area contributed by atoms with Gasteiger partial charge in [0.15, 0.2) is 0 Å². The SMILES string of the molecule is NC(=O)c1ccc(N)c(OCc2cccs2)c1. The van der Waals surface area contributed by atoms with Gasteiger partial charge >= 0.3 is 0 Å². The number of thiophene rings is 1. The predicted octanol–water partition coefficient (Wildman–Crippen LogP) is 2.01. The number of rotatable bonds is 4. The van der Waals surface area contributed by atoms with Crippen molar-refractivity contribution in [2.45, 2.75) is 6.61 Å². The third kappa shape index (κ3) is 2.76. The second-order valence-electron chi connectivity index (χ2n) is 3.48. The van der Waals surface area contributed by atoms with Crippen LogP contribution < -0.4 is 16.2 Å². The molecule has 2 rings (SSSR count). The minimum atomic E-state index is -0.494. The summed E-state index contributed by atoms with van der Waals surface area (Å²) in [5.74, 6) is -0.0133. The van der Waals surface area contributed by atoms with E-state index in [2.05, 4.69) is 0 Å². The zero-order chi connectivity index (χ0) is 12.3. The van der Waals surface area contributed by atoms with Crippen LogP contribution in [0.2, 0.25) is 0 Å². The third-order valence-corrected chi connectivity index (χ3v) is 3.10. The number of nitrogen functional groups attached to an aromatic ring is 1. The zero-order valence-electron chi connectivity index (χ0n) is 9.05. The summed E-state index contributed by atoms with van der Waals surface area (Å²) in [6, 6.07) is 8.68. The normalized spacial score (nSPS) is 10.1. The highest BCUT2D eigenvalue weighted by atomic mass is 32.1. The molecule has 0 bridgehead atoms. The Kier molecular flexibility index (Phi) is 3.30. The van der Waals surface area contributed by atoms with Crippen LogP contribution in [0.5, 0.6) is 5.75 Å². The molecule has 1 aromatic heterocycles. The highest BCUT2D eigenvalue weighted by molar-refractivity contribution is 7.09. The van der Waals surface area contributed by atoms with Crippen LogP contribution in [0.3, 0.4) is 0 Å². The van der Waals surface area contributed by atoms with Gasteiger partial charge in [0.25, 0.3) is 0 Å². The molecule has 88 valence electrons. The molecule has 1 aromatic carbocycles. The maximum Gasteiger partial charge on any atom is 0.248 e. The molecule has 0 spiro atoms. The number of carbonyl (C=O) groups excluding carboxylic acids is 1. The molecule has 2 aromatic rings. The first-order valence-electron chi connectivity index (χ1n) is 5.01. The highest BCUT2D eigenvalue weighted by Gasteiger charge is 2.06. The predicted molar refractivity (Wildman–Crippen MR) is 68.0 cm³/mol. The van der Waals surface area contributed by atoms with Gasteiger partial charge in [-0.1, -0.05) is 6.07 Å². The van der Waals surface area contributed by atoms with Gasteiger partial charge in [-0.15, -0.1) is 11.3 Å². The maximum absolute atomic E-state index is 11.0. The van der Waals surface area contributed by atoms with E-state index < -0.39 is 5.91 Å². The Morgan fingerprint density at radius 3 is 2.82 bits per heavy atom. The summed E-state index contributed by atoms with van der Waals surface area (Å²) >= 11 is 1.60. The van der Waals surface area contributed by atoms with E-state index in [4.69, 9.17) is 16.2 Å². The summed E-state index contributed by atoms with van der Waals surface area (Å²) in [6.07, 6.45) is 0. The largest absolute Gasteiger partial charge is 0.486 e. The van der Waals surface area contributed by atoms with Crippen molar-refractivity contribution in [3.05, 3.63) is 46.2 Å². The smallest absolute Gasteiger partial charge is 0.248 e. The summed E-state index contributed by atoms with van der Waals surface area (Å²) in [5, 5.41) is 1.97. The first kappa shape index (κ1) is 11.5. The molecular weight excluding hydrogens is 236 g/mol. The minimum absolute atomic E-state index is 0.389. The zero-order valence-corrected chi connectivity index (χ0v) is 9.87. The van der Waals surface area contributed by atoms with Gasteiger partial charge in [0.05, 0.1) is 5.69 Å². The van der Waals surface area contributed by atoms with E-state index in [0.29, 0.717) is 23.6 Å². The molecule has 0 aliphatic rings. The van der Waals surface area contributed by atoms with Crippen molar-refractivity contribution in [1.29, 1.82) is 0 Å². The number of primary amides is 1. The lowest BCUT2D eigenvalue weighted by Crippen LogP contribution is -2.11. The van der Waals surface area contributed by atoms with Crippen molar-refractivity contribution < 1.29 is 9.53 Å². The lowest BCUT2D eigenvalue weighted by Gasteiger charge is -2.08. The fraction of sp³-hybridized carbons (Fsp3) is 0.0833. The molecule has 0 aliphatic heterocycles. The van der Waals surface area contributed by atoms with E-state index in [1.807, 2.05) is 17.5 Å². The second-order valence-corrected chi connectivity index (χ2v) is 4.52. The average molecular weight is 248 g/mol. The van der Waals surface area contributed by atoms with Gasteiger partial charge in [-0.05, 0) is 29.6 Å². The van der Waals surface area contributed by atoms with E-state index in [9.17, 15) is 4.79 Å². The number of benzene rings is 1. The van der Waals surface area contributed by atoms with Crippen LogP contribution in [-0.4, -0.2) is 5.91 Å². The molecule has 4 N–H and O–H groups in total. The Bertz CT molecular complexity index is 523. The van der Waals surface area contributed by atoms with Gasteiger partial charge in [0, 0.05) is 10.4 Å². The van der Waals surface area contributed by atoms with Gasteiger partial charge in [-0.3, -0.25) is 4.79 Å². The Morgan fingerprint density at radius 2 is 2.18 bits per heavy atom. The summed E-state index contributed by atoms with van der Waals surface area (Å²) < 4.78 is 5.55. The van der Waals surface area contributed by atoms with E-state index in [-0.39, 0.29) is 0 Å². The monoisotopic (exact) mass is 248 g/mol. The van der Waals surface area contributed by atoms with E-state index in [1.165, 1.54) is 0 Å². The van der Waals surface area contributed by atoms with Crippen molar-refractivity contribution in [2.24, 2.45) is 5.73 Å². The summed E-state index contributed by atoms with van der Waals surface area (Å²) in [7, 11) is 0. The van der Waals surface area contributed by atoms with E-state index in [1.54, 1.807) is 29.5 Å². The maximum atomic E-state index is 11.0. The fourth-order valence-corrected chi connectivity index (χ4v) is 1.97. The van der Waals surface area contributed by atoms with Gasteiger partial charge < -0.3 is 16.2 Å². The van der Waals surface area contributed by atoms with Crippen LogP contribution in [-0.2, 0) is 6.61 Å². The topological polar surface area (TPSA) is 78.3 Å². The van der Waals surface area contributed by atoms with Crippen LogP contribution in [0.1, 0.15) is 15.2 Å². The highest BCUT2D eigenvalue weighted by Crippen LogP contribution is 2.24. The molecule has 0 radical (unpaired) electrons. The molecular formula is C12H12N2O2S. The number of hydrogen-bond acceptors (Lipinski definition) is 4.